The molecule has 0 bridgehead atoms. The van der Waals surface area contributed by atoms with Crippen molar-refractivity contribution in [1.82, 2.24) is 10.6 Å². The first-order valence-electron chi connectivity index (χ1n) is 9.89. The Morgan fingerprint density at radius 1 is 1.23 bits per heavy atom. The molecule has 2 atom stereocenters. The van der Waals surface area contributed by atoms with Gasteiger partial charge in [0.05, 0.1) is 6.04 Å². The minimum atomic E-state index is -0.417. The molecule has 0 spiro atoms. The summed E-state index contributed by atoms with van der Waals surface area (Å²) in [7, 11) is 0. The van der Waals surface area contributed by atoms with E-state index in [4.69, 9.17) is 5.73 Å². The van der Waals surface area contributed by atoms with Crippen molar-refractivity contribution >= 4 is 11.8 Å². The minimum Gasteiger partial charge on any atom is -0.366 e. The maximum absolute atomic E-state index is 12.8. The van der Waals surface area contributed by atoms with Gasteiger partial charge in [-0.2, -0.15) is 0 Å². The Bertz CT molecular complexity index is 665. The molecule has 1 aliphatic heterocycles. The summed E-state index contributed by atoms with van der Waals surface area (Å²) < 4.78 is 0. The van der Waals surface area contributed by atoms with Gasteiger partial charge in [-0.1, -0.05) is 45.6 Å². The number of fused-ring (bicyclic) bond motifs is 1. The molecular weight excluding hydrogens is 326 g/mol. The van der Waals surface area contributed by atoms with Crippen LogP contribution >= 0.6 is 0 Å². The molecule has 1 saturated carbocycles. The monoisotopic (exact) mass is 357 g/mol. The van der Waals surface area contributed by atoms with E-state index in [0.29, 0.717) is 24.4 Å². The van der Waals surface area contributed by atoms with Crippen LogP contribution in [0.15, 0.2) is 18.2 Å². The van der Waals surface area contributed by atoms with Gasteiger partial charge in [0, 0.05) is 18.2 Å². The summed E-state index contributed by atoms with van der Waals surface area (Å²) in [6.45, 7) is 4.97. The first-order chi connectivity index (χ1) is 12.4. The van der Waals surface area contributed by atoms with Gasteiger partial charge < -0.3 is 16.4 Å². The molecule has 0 radical (unpaired) electrons. The van der Waals surface area contributed by atoms with Crippen LogP contribution in [0.1, 0.15) is 67.4 Å². The fraction of sp³-hybridized carbons (Fsp3) is 0.619. The average Bonchev–Trinajstić information content (AvgIpc) is 3.13. The van der Waals surface area contributed by atoms with E-state index in [-0.39, 0.29) is 18.0 Å². The Morgan fingerprint density at radius 3 is 2.62 bits per heavy atom. The highest BCUT2D eigenvalue weighted by molar-refractivity contribution is 5.93. The molecule has 142 valence electrons. The predicted molar refractivity (Wildman–Crippen MR) is 103 cm³/mol. The van der Waals surface area contributed by atoms with Gasteiger partial charge in [-0.15, -0.1) is 0 Å². The van der Waals surface area contributed by atoms with E-state index in [9.17, 15) is 9.59 Å². The van der Waals surface area contributed by atoms with Crippen molar-refractivity contribution in [3.8, 4) is 0 Å². The van der Waals surface area contributed by atoms with Gasteiger partial charge in [0.1, 0.15) is 0 Å². The fourth-order valence-corrected chi connectivity index (χ4v) is 4.24. The highest BCUT2D eigenvalue weighted by atomic mass is 16.2. The zero-order valence-electron chi connectivity index (χ0n) is 15.9. The molecule has 1 fully saturated rings. The summed E-state index contributed by atoms with van der Waals surface area (Å²) in [5, 5.41) is 6.61. The molecule has 1 aromatic carbocycles. The van der Waals surface area contributed by atoms with Crippen LogP contribution in [0.25, 0.3) is 0 Å². The molecule has 1 heterocycles. The molecule has 5 heteroatoms. The van der Waals surface area contributed by atoms with E-state index in [2.05, 4.69) is 24.5 Å². The Kier molecular flexibility index (Phi) is 5.97. The zero-order valence-corrected chi connectivity index (χ0v) is 15.9. The molecule has 3 rings (SSSR count). The molecule has 26 heavy (non-hydrogen) atoms. The van der Waals surface area contributed by atoms with E-state index in [1.807, 2.05) is 12.1 Å². The maximum atomic E-state index is 12.8. The third kappa shape index (κ3) is 4.44. The molecule has 2 amide bonds. The van der Waals surface area contributed by atoms with Crippen molar-refractivity contribution in [2.45, 2.75) is 71.0 Å². The summed E-state index contributed by atoms with van der Waals surface area (Å²) in [4.78, 5) is 24.1. The van der Waals surface area contributed by atoms with Gasteiger partial charge >= 0.3 is 0 Å². The van der Waals surface area contributed by atoms with Crippen molar-refractivity contribution in [2.24, 2.45) is 17.6 Å². The SMILES string of the molecule is CC(C)[C@@H](CC1CCCC1)NC(=O)[C@H]1Cc2ccc(C(N)=O)cc2CN1. The van der Waals surface area contributed by atoms with Gasteiger partial charge in [-0.25, -0.2) is 0 Å². The third-order valence-electron chi connectivity index (χ3n) is 5.96. The van der Waals surface area contributed by atoms with Crippen LogP contribution in [-0.4, -0.2) is 23.9 Å². The Balaban J connectivity index is 1.61. The van der Waals surface area contributed by atoms with Crippen LogP contribution < -0.4 is 16.4 Å². The highest BCUT2D eigenvalue weighted by Crippen LogP contribution is 2.30. The molecule has 4 N–H and O–H groups in total. The van der Waals surface area contributed by atoms with Gasteiger partial charge in [0.15, 0.2) is 0 Å². The smallest absolute Gasteiger partial charge is 0.248 e. The molecule has 0 aromatic heterocycles. The predicted octanol–water partition coefficient (Wildman–Crippen LogP) is 2.52. The number of primary amides is 1. The lowest BCUT2D eigenvalue weighted by atomic mass is 9.90. The molecular formula is C21H31N3O2. The van der Waals surface area contributed by atoms with Crippen molar-refractivity contribution in [1.29, 1.82) is 0 Å². The summed E-state index contributed by atoms with van der Waals surface area (Å²) in [5.74, 6) is 0.870. The van der Waals surface area contributed by atoms with E-state index < -0.39 is 5.91 Å². The highest BCUT2D eigenvalue weighted by Gasteiger charge is 2.29. The molecule has 0 unspecified atom stereocenters. The second-order valence-electron chi connectivity index (χ2n) is 8.23. The first-order valence-corrected chi connectivity index (χ1v) is 9.89. The Morgan fingerprint density at radius 2 is 1.96 bits per heavy atom. The lowest BCUT2D eigenvalue weighted by Crippen LogP contribution is -2.51. The van der Waals surface area contributed by atoms with Gasteiger partial charge in [0.2, 0.25) is 11.8 Å². The standard InChI is InChI=1S/C21H31N3O2/c1-13(2)18(9-14-5-3-4-6-14)24-21(26)19-11-15-7-8-16(20(22)25)10-17(15)12-23-19/h7-8,10,13-14,18-19,23H,3-6,9,11-12H2,1-2H3,(H2,22,25)(H,24,26)/t18-,19-/m1/s1. The number of carbonyl (C=O) groups excluding carboxylic acids is 2. The maximum Gasteiger partial charge on any atom is 0.248 e. The number of rotatable bonds is 6. The summed E-state index contributed by atoms with van der Waals surface area (Å²) in [6.07, 6.45) is 7.01. The van der Waals surface area contributed by atoms with Crippen LogP contribution in [0.5, 0.6) is 0 Å². The van der Waals surface area contributed by atoms with Gasteiger partial charge in [-0.3, -0.25) is 9.59 Å². The second kappa shape index (κ2) is 8.21. The topological polar surface area (TPSA) is 84.2 Å². The van der Waals surface area contributed by atoms with Crippen LogP contribution in [0.3, 0.4) is 0 Å². The number of nitrogens with one attached hydrogen (secondary N) is 2. The fourth-order valence-electron chi connectivity index (χ4n) is 4.24. The molecule has 1 aliphatic carbocycles. The number of benzene rings is 1. The molecule has 2 aliphatic rings. The number of carbonyl (C=O) groups is 2. The lowest BCUT2D eigenvalue weighted by molar-refractivity contribution is -0.124. The first kappa shape index (κ1) is 18.9. The van der Waals surface area contributed by atoms with Crippen molar-refractivity contribution in [2.75, 3.05) is 0 Å². The van der Waals surface area contributed by atoms with E-state index >= 15 is 0 Å². The summed E-state index contributed by atoms with van der Waals surface area (Å²) >= 11 is 0. The Hall–Kier alpha value is -1.88. The lowest BCUT2D eigenvalue weighted by Gasteiger charge is -2.30. The van der Waals surface area contributed by atoms with E-state index in [1.54, 1.807) is 6.07 Å². The molecule has 1 aromatic rings. The van der Waals surface area contributed by atoms with Crippen molar-refractivity contribution < 1.29 is 9.59 Å². The van der Waals surface area contributed by atoms with Gasteiger partial charge in [-0.05, 0) is 47.9 Å². The second-order valence-corrected chi connectivity index (χ2v) is 8.23. The Labute approximate surface area is 156 Å². The summed E-state index contributed by atoms with van der Waals surface area (Å²) in [5.41, 5.74) is 8.04. The van der Waals surface area contributed by atoms with Crippen LogP contribution in [-0.2, 0) is 17.8 Å². The van der Waals surface area contributed by atoms with Crippen LogP contribution in [0.4, 0.5) is 0 Å². The van der Waals surface area contributed by atoms with Crippen LogP contribution in [0, 0.1) is 11.8 Å². The average molecular weight is 357 g/mol. The number of nitrogens with two attached hydrogens (primary N) is 1. The number of amides is 2. The normalized spacial score (nSPS) is 21.4. The zero-order chi connectivity index (χ0) is 18.7. The third-order valence-corrected chi connectivity index (χ3v) is 5.96. The number of hydrogen-bond acceptors (Lipinski definition) is 3. The van der Waals surface area contributed by atoms with E-state index in [1.165, 1.54) is 25.7 Å². The van der Waals surface area contributed by atoms with Crippen molar-refractivity contribution in [3.63, 3.8) is 0 Å². The largest absolute Gasteiger partial charge is 0.366 e. The van der Waals surface area contributed by atoms with E-state index in [0.717, 1.165) is 23.5 Å². The minimum absolute atomic E-state index is 0.0892. The van der Waals surface area contributed by atoms with Gasteiger partial charge in [0.25, 0.3) is 0 Å². The molecule has 0 saturated heterocycles. The number of hydrogen-bond donors (Lipinski definition) is 3. The van der Waals surface area contributed by atoms with Crippen LogP contribution in [0.2, 0.25) is 0 Å². The quantitative estimate of drug-likeness (QED) is 0.731. The van der Waals surface area contributed by atoms with Crippen molar-refractivity contribution in [3.05, 3.63) is 34.9 Å². The molecule has 5 nitrogen and oxygen atoms in total. The summed E-state index contributed by atoms with van der Waals surface area (Å²) in [6, 6.07) is 5.53.